The first-order chi connectivity index (χ1) is 9.88. The maximum Gasteiger partial charge on any atom is 0.310 e. The first-order valence-electron chi connectivity index (χ1n) is 6.76. The van der Waals surface area contributed by atoms with Crippen LogP contribution in [-0.2, 0) is 11.3 Å². The number of hydrogen-bond donors (Lipinski definition) is 1. The minimum atomic E-state index is -0.740. The lowest BCUT2D eigenvalue weighted by atomic mass is 9.84. The van der Waals surface area contributed by atoms with E-state index in [2.05, 4.69) is 20.8 Å². The van der Waals surface area contributed by atoms with Crippen LogP contribution >= 0.6 is 15.9 Å². The predicted molar refractivity (Wildman–Crippen MR) is 81.1 cm³/mol. The van der Waals surface area contributed by atoms with Crippen molar-refractivity contribution in [1.82, 2.24) is 4.90 Å². The number of nitro benzene ring substituents is 1. The van der Waals surface area contributed by atoms with E-state index in [0.29, 0.717) is 30.4 Å². The van der Waals surface area contributed by atoms with Gasteiger partial charge in [-0.1, -0.05) is 22.9 Å². The molecule has 6 nitrogen and oxygen atoms in total. The molecule has 2 rings (SSSR count). The second-order valence-electron chi connectivity index (χ2n) is 5.43. The molecule has 7 heteroatoms. The van der Waals surface area contributed by atoms with Crippen LogP contribution in [0.2, 0.25) is 0 Å². The molecule has 1 aromatic carbocycles. The van der Waals surface area contributed by atoms with Crippen molar-refractivity contribution in [3.05, 3.63) is 38.3 Å². The summed E-state index contributed by atoms with van der Waals surface area (Å²) < 4.78 is 0.682. The van der Waals surface area contributed by atoms with Gasteiger partial charge < -0.3 is 5.11 Å². The molecule has 114 valence electrons. The summed E-state index contributed by atoms with van der Waals surface area (Å²) >= 11 is 3.35. The number of hydrogen-bond acceptors (Lipinski definition) is 4. The van der Waals surface area contributed by atoms with Gasteiger partial charge >= 0.3 is 5.97 Å². The minimum Gasteiger partial charge on any atom is -0.481 e. The van der Waals surface area contributed by atoms with E-state index in [4.69, 9.17) is 0 Å². The maximum absolute atomic E-state index is 11.4. The summed E-state index contributed by atoms with van der Waals surface area (Å²) in [7, 11) is 0. The summed E-state index contributed by atoms with van der Waals surface area (Å²) in [5, 5.41) is 20.1. The van der Waals surface area contributed by atoms with Crippen LogP contribution in [0.15, 0.2) is 22.7 Å². The summed E-state index contributed by atoms with van der Waals surface area (Å²) in [5.41, 5.74) is 0.311. The molecule has 0 radical (unpaired) electrons. The van der Waals surface area contributed by atoms with Gasteiger partial charge in [-0.3, -0.25) is 19.8 Å². The summed E-state index contributed by atoms with van der Waals surface area (Å²) in [6.45, 7) is 3.73. The van der Waals surface area contributed by atoms with Crippen LogP contribution in [0.5, 0.6) is 0 Å². The van der Waals surface area contributed by atoms with E-state index < -0.39 is 16.3 Å². The molecule has 0 spiro atoms. The van der Waals surface area contributed by atoms with Gasteiger partial charge in [0.25, 0.3) is 5.69 Å². The molecule has 21 heavy (non-hydrogen) atoms. The third-order valence-corrected chi connectivity index (χ3v) is 4.94. The topological polar surface area (TPSA) is 83.7 Å². The first-order valence-corrected chi connectivity index (χ1v) is 7.56. The lowest BCUT2D eigenvalue weighted by Crippen LogP contribution is -2.33. The van der Waals surface area contributed by atoms with Gasteiger partial charge in [0.15, 0.2) is 0 Å². The zero-order valence-electron chi connectivity index (χ0n) is 11.7. The van der Waals surface area contributed by atoms with Crippen LogP contribution in [0.3, 0.4) is 0 Å². The average Bonchev–Trinajstić information content (AvgIpc) is 2.85. The van der Waals surface area contributed by atoms with E-state index in [-0.39, 0.29) is 5.69 Å². The quantitative estimate of drug-likeness (QED) is 0.647. The maximum atomic E-state index is 11.4. The zero-order chi connectivity index (χ0) is 15.6. The Labute approximate surface area is 131 Å². The van der Waals surface area contributed by atoms with Gasteiger partial charge in [-0.15, -0.1) is 0 Å². The van der Waals surface area contributed by atoms with Crippen molar-refractivity contribution in [3.8, 4) is 0 Å². The highest BCUT2D eigenvalue weighted by atomic mass is 79.9. The van der Waals surface area contributed by atoms with Gasteiger partial charge in [-0.2, -0.15) is 0 Å². The fraction of sp³-hybridized carbons (Fsp3) is 0.500. The number of rotatable bonds is 5. The number of non-ortho nitro benzene ring substituents is 1. The first kappa shape index (κ1) is 15.9. The highest BCUT2D eigenvalue weighted by Crippen LogP contribution is 2.35. The van der Waals surface area contributed by atoms with Crippen LogP contribution in [0.4, 0.5) is 5.69 Å². The number of carboxylic acid groups (broad SMARTS) is 1. The molecule has 0 aliphatic carbocycles. The molecule has 1 aliphatic rings. The van der Waals surface area contributed by atoms with E-state index in [0.717, 1.165) is 12.1 Å². The highest BCUT2D eigenvalue weighted by Gasteiger charge is 2.43. The van der Waals surface area contributed by atoms with Crippen molar-refractivity contribution in [3.63, 3.8) is 0 Å². The lowest BCUT2D eigenvalue weighted by Gasteiger charge is -2.23. The van der Waals surface area contributed by atoms with Crippen LogP contribution in [-0.4, -0.2) is 34.0 Å². The lowest BCUT2D eigenvalue weighted by molar-refractivity contribution is -0.384. The fourth-order valence-corrected chi connectivity index (χ4v) is 3.22. The van der Waals surface area contributed by atoms with Crippen molar-refractivity contribution in [2.75, 3.05) is 13.1 Å². The molecule has 1 heterocycles. The molecule has 1 N–H and O–H groups in total. The second-order valence-corrected chi connectivity index (χ2v) is 6.29. The van der Waals surface area contributed by atoms with Gasteiger partial charge in [0.2, 0.25) is 0 Å². The molecule has 0 amide bonds. The normalized spacial score (nSPS) is 22.4. The van der Waals surface area contributed by atoms with E-state index in [9.17, 15) is 20.0 Å². The summed E-state index contributed by atoms with van der Waals surface area (Å²) in [6, 6.07) is 4.67. The Kier molecular flexibility index (Phi) is 4.63. The summed E-state index contributed by atoms with van der Waals surface area (Å²) in [6.07, 6.45) is 1.25. The number of likely N-dealkylation sites (tertiary alicyclic amines) is 1. The number of benzene rings is 1. The number of aliphatic carboxylic acids is 1. The van der Waals surface area contributed by atoms with Gasteiger partial charge in [-0.25, -0.2) is 0 Å². The van der Waals surface area contributed by atoms with Crippen molar-refractivity contribution in [2.24, 2.45) is 5.41 Å². The van der Waals surface area contributed by atoms with Gasteiger partial charge in [0.05, 0.1) is 10.3 Å². The van der Waals surface area contributed by atoms with E-state index in [1.165, 1.54) is 12.1 Å². The number of halogens is 1. The van der Waals surface area contributed by atoms with Gasteiger partial charge in [-0.05, 0) is 31.0 Å². The Hall–Kier alpha value is -1.47. The van der Waals surface area contributed by atoms with Gasteiger partial charge in [0, 0.05) is 29.7 Å². The van der Waals surface area contributed by atoms with Crippen LogP contribution in [0.25, 0.3) is 0 Å². The van der Waals surface area contributed by atoms with Crippen LogP contribution in [0, 0.1) is 15.5 Å². The highest BCUT2D eigenvalue weighted by molar-refractivity contribution is 9.10. The number of carbonyl (C=O) groups is 1. The third kappa shape index (κ3) is 3.24. The zero-order valence-corrected chi connectivity index (χ0v) is 13.3. The molecule has 0 bridgehead atoms. The van der Waals surface area contributed by atoms with Crippen molar-refractivity contribution >= 4 is 27.6 Å². The van der Waals surface area contributed by atoms with E-state index >= 15 is 0 Å². The third-order valence-electron chi connectivity index (χ3n) is 4.20. The fourth-order valence-electron chi connectivity index (χ4n) is 2.73. The molecular formula is C14H17BrN2O4. The molecule has 0 saturated carbocycles. The Morgan fingerprint density at radius 2 is 2.29 bits per heavy atom. The molecule has 1 saturated heterocycles. The number of nitrogens with zero attached hydrogens (tertiary/aromatic N) is 2. The smallest absolute Gasteiger partial charge is 0.310 e. The molecule has 1 unspecified atom stereocenters. The average molecular weight is 357 g/mol. The van der Waals surface area contributed by atoms with Crippen LogP contribution in [0.1, 0.15) is 25.3 Å². The molecular weight excluding hydrogens is 340 g/mol. The number of carboxylic acids is 1. The molecule has 1 aromatic rings. The van der Waals surface area contributed by atoms with Crippen LogP contribution < -0.4 is 0 Å². The Bertz CT molecular complexity index is 578. The second kappa shape index (κ2) is 6.11. The predicted octanol–water partition coefficient (Wildman–Crippen LogP) is 3.04. The molecule has 1 aliphatic heterocycles. The molecule has 1 atom stereocenters. The molecule has 0 aromatic heterocycles. The standard InChI is InChI=1S/C14H17BrN2O4/c1-2-14(13(18)19)5-6-16(9-14)8-10-3-4-11(17(20)21)7-12(10)15/h3-4,7H,2,5-6,8-9H2,1H3,(H,18,19). The van der Waals surface area contributed by atoms with Crippen molar-refractivity contribution in [1.29, 1.82) is 0 Å². The Morgan fingerprint density at radius 3 is 2.76 bits per heavy atom. The van der Waals surface area contributed by atoms with E-state index in [1.807, 2.05) is 6.92 Å². The Balaban J connectivity index is 2.10. The SMILES string of the molecule is CCC1(C(=O)O)CCN(Cc2ccc([N+](=O)[O-])cc2Br)C1. The summed E-state index contributed by atoms with van der Waals surface area (Å²) in [5.74, 6) is -0.740. The molecule has 1 fully saturated rings. The Morgan fingerprint density at radius 1 is 1.57 bits per heavy atom. The number of nitro groups is 1. The van der Waals surface area contributed by atoms with E-state index in [1.54, 1.807) is 6.07 Å². The van der Waals surface area contributed by atoms with Gasteiger partial charge in [0.1, 0.15) is 0 Å². The van der Waals surface area contributed by atoms with Crippen molar-refractivity contribution in [2.45, 2.75) is 26.3 Å². The van der Waals surface area contributed by atoms with Crippen molar-refractivity contribution < 1.29 is 14.8 Å². The minimum absolute atomic E-state index is 0.0421. The largest absolute Gasteiger partial charge is 0.481 e. The monoisotopic (exact) mass is 356 g/mol. The summed E-state index contributed by atoms with van der Waals surface area (Å²) in [4.78, 5) is 23.8.